The van der Waals surface area contributed by atoms with E-state index in [1.165, 1.54) is 0 Å². The number of benzene rings is 3. The van der Waals surface area contributed by atoms with Crippen molar-refractivity contribution < 1.29 is 28.6 Å². The Hall–Kier alpha value is -4.71. The number of aryl methyl sites for hydroxylation is 1. The van der Waals surface area contributed by atoms with Crippen LogP contribution in [0.4, 0.5) is 0 Å². The van der Waals surface area contributed by atoms with E-state index in [0.717, 1.165) is 46.0 Å². The zero-order valence-corrected chi connectivity index (χ0v) is 20.0. The summed E-state index contributed by atoms with van der Waals surface area (Å²) in [7, 11) is 0. The summed E-state index contributed by atoms with van der Waals surface area (Å²) >= 11 is 0. The van der Waals surface area contributed by atoms with Crippen molar-refractivity contribution in [3.63, 3.8) is 0 Å². The summed E-state index contributed by atoms with van der Waals surface area (Å²) in [6.07, 6.45) is 4.30. The Morgan fingerprint density at radius 3 is 1.36 bits per heavy atom. The number of ether oxygens (including phenoxy) is 3. The van der Waals surface area contributed by atoms with E-state index in [4.69, 9.17) is 14.2 Å². The fourth-order valence-electron chi connectivity index (χ4n) is 3.57. The molecule has 0 saturated carbocycles. The second-order valence-corrected chi connectivity index (χ2v) is 7.93. The van der Waals surface area contributed by atoms with E-state index in [0.29, 0.717) is 30.1 Å². The van der Waals surface area contributed by atoms with Gasteiger partial charge in [-0.15, -0.1) is 0 Å². The Morgan fingerprint density at radius 1 is 0.639 bits per heavy atom. The molecule has 0 amide bonds. The summed E-state index contributed by atoms with van der Waals surface area (Å²) in [6, 6.07) is 18.1. The number of hydrogen-bond acceptors (Lipinski definition) is 6. The third-order valence-corrected chi connectivity index (χ3v) is 5.16. The minimum absolute atomic E-state index is 0.411. The molecule has 0 aliphatic rings. The van der Waals surface area contributed by atoms with Gasteiger partial charge in [0.2, 0.25) is 0 Å². The van der Waals surface area contributed by atoms with E-state index in [-0.39, 0.29) is 0 Å². The quantitative estimate of drug-likeness (QED) is 0.217. The summed E-state index contributed by atoms with van der Waals surface area (Å²) < 4.78 is 15.9. The summed E-state index contributed by atoms with van der Waals surface area (Å²) in [5.41, 5.74) is 4.54. The lowest BCUT2D eigenvalue weighted by Gasteiger charge is -2.16. The Kier molecular flexibility index (Phi) is 8.73. The summed E-state index contributed by atoms with van der Waals surface area (Å²) in [4.78, 5) is 35.0. The van der Waals surface area contributed by atoms with Crippen molar-refractivity contribution >= 4 is 17.9 Å². The van der Waals surface area contributed by atoms with Gasteiger partial charge in [0, 0.05) is 31.1 Å². The van der Waals surface area contributed by atoms with Crippen LogP contribution in [0.2, 0.25) is 0 Å². The molecule has 36 heavy (non-hydrogen) atoms. The molecule has 3 aromatic rings. The largest absolute Gasteiger partial charge is 0.423 e. The molecule has 0 spiro atoms. The standard InChI is InChI=1S/C30H26O6/c1-5-27(31)34-25-12-8-21(9-13-25)18-23-16-20(4)17-24(30(23)36-29(33)7-3)19-22-10-14-26(15-11-22)35-28(32)6-2/h5-17H,1-3,18-19H2,4H3. The van der Waals surface area contributed by atoms with Crippen molar-refractivity contribution in [2.45, 2.75) is 19.8 Å². The third kappa shape index (κ3) is 7.14. The lowest BCUT2D eigenvalue weighted by molar-refractivity contribution is -0.129. The molecule has 0 radical (unpaired) electrons. The van der Waals surface area contributed by atoms with Gasteiger partial charge in [0.1, 0.15) is 17.2 Å². The Bertz CT molecular complexity index is 1210. The van der Waals surface area contributed by atoms with Gasteiger partial charge >= 0.3 is 17.9 Å². The van der Waals surface area contributed by atoms with E-state index in [1.807, 2.05) is 43.3 Å². The molecule has 0 atom stereocenters. The molecule has 6 heteroatoms. The molecule has 0 N–H and O–H groups in total. The molecule has 3 rings (SSSR count). The lowest BCUT2D eigenvalue weighted by Crippen LogP contribution is -2.09. The number of rotatable bonds is 10. The van der Waals surface area contributed by atoms with Gasteiger partial charge in [0.15, 0.2) is 0 Å². The highest BCUT2D eigenvalue weighted by atomic mass is 16.5. The zero-order valence-electron chi connectivity index (χ0n) is 20.0. The second-order valence-electron chi connectivity index (χ2n) is 7.93. The first-order chi connectivity index (χ1) is 17.3. The first kappa shape index (κ1) is 25.9. The first-order valence-electron chi connectivity index (χ1n) is 11.1. The summed E-state index contributed by atoms with van der Waals surface area (Å²) in [5.74, 6) is -0.328. The molecule has 182 valence electrons. The predicted octanol–water partition coefficient (Wildman–Crippen LogP) is 5.45. The molecular weight excluding hydrogens is 456 g/mol. The molecule has 0 aliphatic heterocycles. The summed E-state index contributed by atoms with van der Waals surface area (Å²) in [5, 5.41) is 0. The molecule has 0 fully saturated rings. The molecule has 3 aromatic carbocycles. The van der Waals surface area contributed by atoms with E-state index < -0.39 is 17.9 Å². The molecule has 0 saturated heterocycles. The van der Waals surface area contributed by atoms with Crippen LogP contribution in [0.1, 0.15) is 27.8 Å². The normalized spacial score (nSPS) is 10.1. The monoisotopic (exact) mass is 482 g/mol. The number of carbonyl (C=O) groups is 3. The smallest absolute Gasteiger partial charge is 0.335 e. The van der Waals surface area contributed by atoms with Crippen LogP contribution < -0.4 is 14.2 Å². The average molecular weight is 483 g/mol. The highest BCUT2D eigenvalue weighted by molar-refractivity contribution is 5.84. The Balaban J connectivity index is 1.90. The van der Waals surface area contributed by atoms with Crippen molar-refractivity contribution in [2.75, 3.05) is 0 Å². The van der Waals surface area contributed by atoms with Gasteiger partial charge in [0.05, 0.1) is 0 Å². The molecule has 0 unspecified atom stereocenters. The van der Waals surface area contributed by atoms with Crippen molar-refractivity contribution in [1.29, 1.82) is 0 Å². The van der Waals surface area contributed by atoms with Crippen molar-refractivity contribution in [2.24, 2.45) is 0 Å². The van der Waals surface area contributed by atoms with E-state index in [9.17, 15) is 14.4 Å². The average Bonchev–Trinajstić information content (AvgIpc) is 2.87. The molecule has 0 aromatic heterocycles. The lowest BCUT2D eigenvalue weighted by atomic mass is 9.95. The highest BCUT2D eigenvalue weighted by Crippen LogP contribution is 2.31. The van der Waals surface area contributed by atoms with Crippen LogP contribution in [0.25, 0.3) is 0 Å². The van der Waals surface area contributed by atoms with Crippen LogP contribution in [0.15, 0.2) is 98.6 Å². The van der Waals surface area contributed by atoms with E-state index in [2.05, 4.69) is 19.7 Å². The number of esters is 3. The fraction of sp³-hybridized carbons (Fsp3) is 0.100. The predicted molar refractivity (Wildman–Crippen MR) is 137 cm³/mol. The maximum atomic E-state index is 12.2. The van der Waals surface area contributed by atoms with Crippen LogP contribution in [0.5, 0.6) is 17.2 Å². The number of hydrogen-bond donors (Lipinski definition) is 0. The van der Waals surface area contributed by atoms with Crippen LogP contribution >= 0.6 is 0 Å². The number of carbonyl (C=O) groups excluding carboxylic acids is 3. The van der Waals surface area contributed by atoms with Gasteiger partial charge in [-0.1, -0.05) is 61.7 Å². The minimum atomic E-state index is -0.556. The topological polar surface area (TPSA) is 78.9 Å². The van der Waals surface area contributed by atoms with Crippen molar-refractivity contribution in [3.8, 4) is 17.2 Å². The Morgan fingerprint density at radius 2 is 1.00 bits per heavy atom. The maximum absolute atomic E-state index is 12.2. The maximum Gasteiger partial charge on any atom is 0.335 e. The van der Waals surface area contributed by atoms with E-state index in [1.54, 1.807) is 24.3 Å². The van der Waals surface area contributed by atoms with Gasteiger partial charge in [0.25, 0.3) is 0 Å². The van der Waals surface area contributed by atoms with Crippen LogP contribution in [-0.4, -0.2) is 17.9 Å². The molecule has 6 nitrogen and oxygen atoms in total. The van der Waals surface area contributed by atoms with Gasteiger partial charge in [-0.2, -0.15) is 0 Å². The van der Waals surface area contributed by atoms with Crippen LogP contribution in [0.3, 0.4) is 0 Å². The van der Waals surface area contributed by atoms with Gasteiger partial charge < -0.3 is 14.2 Å². The highest BCUT2D eigenvalue weighted by Gasteiger charge is 2.16. The van der Waals surface area contributed by atoms with Gasteiger partial charge in [-0.25, -0.2) is 14.4 Å². The SMILES string of the molecule is C=CC(=O)Oc1ccc(Cc2cc(C)cc(Cc3ccc(OC(=O)C=C)cc3)c2OC(=O)C=C)cc1. The molecule has 0 aliphatic carbocycles. The fourth-order valence-corrected chi connectivity index (χ4v) is 3.57. The zero-order chi connectivity index (χ0) is 26.1. The van der Waals surface area contributed by atoms with Crippen molar-refractivity contribution in [3.05, 3.63) is 126 Å². The molecular formula is C30H26O6. The van der Waals surface area contributed by atoms with Gasteiger partial charge in [-0.05, 0) is 53.4 Å². The second kappa shape index (κ2) is 12.1. The summed E-state index contributed by atoms with van der Waals surface area (Å²) in [6.45, 7) is 12.3. The Labute approximate surface area is 210 Å². The van der Waals surface area contributed by atoms with E-state index >= 15 is 0 Å². The first-order valence-corrected chi connectivity index (χ1v) is 11.1. The third-order valence-electron chi connectivity index (χ3n) is 5.16. The minimum Gasteiger partial charge on any atom is -0.423 e. The van der Waals surface area contributed by atoms with Gasteiger partial charge in [-0.3, -0.25) is 0 Å². The van der Waals surface area contributed by atoms with Crippen molar-refractivity contribution in [1.82, 2.24) is 0 Å². The van der Waals surface area contributed by atoms with Crippen LogP contribution in [0, 0.1) is 6.92 Å². The van der Waals surface area contributed by atoms with Crippen LogP contribution in [-0.2, 0) is 27.2 Å². The molecule has 0 bridgehead atoms. The molecule has 0 heterocycles.